The van der Waals surface area contributed by atoms with Crippen molar-refractivity contribution >= 4 is 23.2 Å². The van der Waals surface area contributed by atoms with Crippen LogP contribution in [-0.4, -0.2) is 21.1 Å². The first-order valence-electron chi connectivity index (χ1n) is 5.99. The number of aromatic nitrogens is 3. The smallest absolute Gasteiger partial charge is 0.323 e. The number of nitrogens with zero attached hydrogens (tertiary/aromatic N) is 3. The minimum Gasteiger partial charge on any atom is -0.461 e. The van der Waals surface area contributed by atoms with Crippen molar-refractivity contribution in [2.75, 3.05) is 11.1 Å². The zero-order chi connectivity index (χ0) is 13.8. The van der Waals surface area contributed by atoms with E-state index in [1.54, 1.807) is 11.3 Å². The van der Waals surface area contributed by atoms with Gasteiger partial charge in [-0.25, -0.2) is 0 Å². The molecule has 0 bridgehead atoms. The monoisotopic (exact) mass is 279 g/mol. The molecule has 102 valence electrons. The van der Waals surface area contributed by atoms with E-state index in [4.69, 9.17) is 10.5 Å². The van der Waals surface area contributed by atoms with E-state index in [2.05, 4.69) is 38.6 Å². The standard InChI is InChI=1S/C12H17N5OS/c1-7(2)18-12-16-10(13)15-11(17-12)14-6-9-8(3)4-5-19-9/h4-5,7H,6H2,1-3H3,(H3,13,14,15,16,17). The highest BCUT2D eigenvalue weighted by Crippen LogP contribution is 2.17. The van der Waals surface area contributed by atoms with Gasteiger partial charge in [0, 0.05) is 4.88 Å². The molecule has 0 aliphatic heterocycles. The largest absolute Gasteiger partial charge is 0.461 e. The predicted octanol–water partition coefficient (Wildman–Crippen LogP) is 2.22. The molecule has 0 radical (unpaired) electrons. The van der Waals surface area contributed by atoms with Crippen LogP contribution in [0.1, 0.15) is 24.3 Å². The first kappa shape index (κ1) is 13.5. The second-order valence-corrected chi connectivity index (χ2v) is 5.35. The number of ether oxygens (including phenoxy) is 1. The minimum absolute atomic E-state index is 0.00538. The van der Waals surface area contributed by atoms with E-state index in [0.717, 1.165) is 0 Å². The summed E-state index contributed by atoms with van der Waals surface area (Å²) in [6, 6.07) is 2.32. The van der Waals surface area contributed by atoms with Crippen LogP contribution in [0.2, 0.25) is 0 Å². The third kappa shape index (κ3) is 3.78. The number of rotatable bonds is 5. The van der Waals surface area contributed by atoms with E-state index >= 15 is 0 Å². The predicted molar refractivity (Wildman–Crippen MR) is 76.4 cm³/mol. The van der Waals surface area contributed by atoms with Crippen LogP contribution >= 0.6 is 11.3 Å². The molecule has 2 rings (SSSR count). The van der Waals surface area contributed by atoms with Gasteiger partial charge in [-0.1, -0.05) is 0 Å². The number of thiophene rings is 1. The Morgan fingerprint density at radius 1 is 1.37 bits per heavy atom. The SMILES string of the molecule is Cc1ccsc1CNc1nc(N)nc(OC(C)C)n1. The molecule has 0 saturated carbocycles. The van der Waals surface area contributed by atoms with Gasteiger partial charge >= 0.3 is 6.01 Å². The van der Waals surface area contributed by atoms with Gasteiger partial charge in [0.1, 0.15) is 0 Å². The fraction of sp³-hybridized carbons (Fsp3) is 0.417. The van der Waals surface area contributed by atoms with E-state index in [0.29, 0.717) is 12.5 Å². The second kappa shape index (κ2) is 5.83. The molecule has 0 fully saturated rings. The number of aryl methyl sites for hydroxylation is 1. The second-order valence-electron chi connectivity index (χ2n) is 4.35. The number of nitrogens with one attached hydrogen (secondary N) is 1. The van der Waals surface area contributed by atoms with E-state index in [1.165, 1.54) is 10.4 Å². The number of nitrogens with two attached hydrogens (primary N) is 1. The fourth-order valence-corrected chi connectivity index (χ4v) is 2.31. The summed E-state index contributed by atoms with van der Waals surface area (Å²) in [6.45, 7) is 6.54. The van der Waals surface area contributed by atoms with Gasteiger partial charge in [0.2, 0.25) is 11.9 Å². The molecule has 2 heterocycles. The Morgan fingerprint density at radius 2 is 2.16 bits per heavy atom. The lowest BCUT2D eigenvalue weighted by Gasteiger charge is -2.10. The summed E-state index contributed by atoms with van der Waals surface area (Å²) >= 11 is 1.69. The zero-order valence-electron chi connectivity index (χ0n) is 11.2. The highest BCUT2D eigenvalue weighted by atomic mass is 32.1. The van der Waals surface area contributed by atoms with Crippen molar-refractivity contribution in [3.05, 3.63) is 21.9 Å². The van der Waals surface area contributed by atoms with E-state index < -0.39 is 0 Å². The molecule has 0 aliphatic carbocycles. The summed E-state index contributed by atoms with van der Waals surface area (Å²) < 4.78 is 5.42. The van der Waals surface area contributed by atoms with Gasteiger partial charge in [-0.2, -0.15) is 15.0 Å². The molecule has 0 spiro atoms. The molecule has 0 saturated heterocycles. The Balaban J connectivity index is 2.07. The van der Waals surface area contributed by atoms with Crippen molar-refractivity contribution in [3.8, 4) is 6.01 Å². The van der Waals surface area contributed by atoms with E-state index in [9.17, 15) is 0 Å². The summed E-state index contributed by atoms with van der Waals surface area (Å²) in [5.41, 5.74) is 6.88. The van der Waals surface area contributed by atoms with Crippen molar-refractivity contribution in [2.45, 2.75) is 33.4 Å². The highest BCUT2D eigenvalue weighted by molar-refractivity contribution is 7.10. The first-order chi connectivity index (χ1) is 9.04. The summed E-state index contributed by atoms with van der Waals surface area (Å²) in [7, 11) is 0. The van der Waals surface area contributed by atoms with Crippen molar-refractivity contribution in [3.63, 3.8) is 0 Å². The topological polar surface area (TPSA) is 86.0 Å². The molecule has 0 amide bonds. The molecule has 19 heavy (non-hydrogen) atoms. The quantitative estimate of drug-likeness (QED) is 0.872. The number of anilines is 2. The molecular formula is C12H17N5OS. The maximum atomic E-state index is 5.63. The Morgan fingerprint density at radius 3 is 2.79 bits per heavy atom. The minimum atomic E-state index is -0.00538. The lowest BCUT2D eigenvalue weighted by atomic mass is 10.3. The van der Waals surface area contributed by atoms with Gasteiger partial charge < -0.3 is 15.8 Å². The van der Waals surface area contributed by atoms with Gasteiger partial charge in [-0.15, -0.1) is 11.3 Å². The van der Waals surface area contributed by atoms with Gasteiger partial charge in [0.25, 0.3) is 0 Å². The first-order valence-corrected chi connectivity index (χ1v) is 6.87. The Hall–Kier alpha value is -1.89. The van der Waals surface area contributed by atoms with Crippen LogP contribution in [0.15, 0.2) is 11.4 Å². The molecule has 7 heteroatoms. The van der Waals surface area contributed by atoms with Crippen LogP contribution in [0.25, 0.3) is 0 Å². The number of hydrogen-bond acceptors (Lipinski definition) is 7. The molecular weight excluding hydrogens is 262 g/mol. The molecule has 2 aromatic rings. The number of hydrogen-bond donors (Lipinski definition) is 2. The maximum Gasteiger partial charge on any atom is 0.323 e. The van der Waals surface area contributed by atoms with Crippen LogP contribution in [0, 0.1) is 6.92 Å². The zero-order valence-corrected chi connectivity index (χ0v) is 12.0. The summed E-state index contributed by atoms with van der Waals surface area (Å²) in [6.07, 6.45) is -0.00538. The van der Waals surface area contributed by atoms with Crippen LogP contribution in [0.4, 0.5) is 11.9 Å². The van der Waals surface area contributed by atoms with Crippen LogP contribution < -0.4 is 15.8 Å². The van der Waals surface area contributed by atoms with Gasteiger partial charge in [0.15, 0.2) is 0 Å². The van der Waals surface area contributed by atoms with Crippen LogP contribution in [-0.2, 0) is 6.54 Å². The molecule has 0 atom stereocenters. The average Bonchev–Trinajstić information content (AvgIpc) is 2.70. The lowest BCUT2D eigenvalue weighted by molar-refractivity contribution is 0.222. The summed E-state index contributed by atoms with van der Waals surface area (Å²) in [4.78, 5) is 13.4. The molecule has 3 N–H and O–H groups in total. The van der Waals surface area contributed by atoms with E-state index in [-0.39, 0.29) is 18.1 Å². The fourth-order valence-electron chi connectivity index (χ4n) is 1.46. The Bertz CT molecular complexity index is 555. The molecule has 0 aromatic carbocycles. The van der Waals surface area contributed by atoms with Crippen molar-refractivity contribution in [2.24, 2.45) is 0 Å². The van der Waals surface area contributed by atoms with Crippen LogP contribution in [0.3, 0.4) is 0 Å². The van der Waals surface area contributed by atoms with Crippen molar-refractivity contribution < 1.29 is 4.74 Å². The third-order valence-electron chi connectivity index (χ3n) is 2.35. The molecule has 2 aromatic heterocycles. The van der Waals surface area contributed by atoms with E-state index in [1.807, 2.05) is 13.8 Å². The third-order valence-corrected chi connectivity index (χ3v) is 3.37. The summed E-state index contributed by atoms with van der Waals surface area (Å²) in [5, 5.41) is 5.19. The summed E-state index contributed by atoms with van der Waals surface area (Å²) in [5.74, 6) is 0.576. The lowest BCUT2D eigenvalue weighted by Crippen LogP contribution is -2.12. The Kier molecular flexibility index (Phi) is 4.16. The highest BCUT2D eigenvalue weighted by Gasteiger charge is 2.08. The van der Waals surface area contributed by atoms with Crippen LogP contribution in [0.5, 0.6) is 6.01 Å². The average molecular weight is 279 g/mol. The molecule has 0 aliphatic rings. The Labute approximate surface area is 116 Å². The van der Waals surface area contributed by atoms with Crippen molar-refractivity contribution in [1.82, 2.24) is 15.0 Å². The molecule has 6 nitrogen and oxygen atoms in total. The normalized spacial score (nSPS) is 10.7. The van der Waals surface area contributed by atoms with Gasteiger partial charge in [0.05, 0.1) is 12.6 Å². The van der Waals surface area contributed by atoms with Gasteiger partial charge in [-0.3, -0.25) is 0 Å². The maximum absolute atomic E-state index is 5.63. The number of nitrogen functional groups attached to an aromatic ring is 1. The molecule has 0 unspecified atom stereocenters. The van der Waals surface area contributed by atoms with Gasteiger partial charge in [-0.05, 0) is 37.8 Å². The van der Waals surface area contributed by atoms with Crippen molar-refractivity contribution in [1.29, 1.82) is 0 Å².